The van der Waals surface area contributed by atoms with Crippen LogP contribution in [-0.4, -0.2) is 34.5 Å². The molecule has 1 unspecified atom stereocenters. The Labute approximate surface area is 108 Å². The van der Waals surface area contributed by atoms with Gasteiger partial charge in [0.25, 0.3) is 5.22 Å². The molecule has 18 heavy (non-hydrogen) atoms. The summed E-state index contributed by atoms with van der Waals surface area (Å²) in [6, 6.07) is 7.36. The van der Waals surface area contributed by atoms with Crippen molar-refractivity contribution in [3.05, 3.63) is 24.3 Å². The van der Waals surface area contributed by atoms with Gasteiger partial charge in [-0.1, -0.05) is 23.9 Å². The maximum Gasteiger partial charge on any atom is 0.338 e. The molecule has 1 N–H and O–H groups in total. The normalized spacial score (nSPS) is 14.4. The van der Waals surface area contributed by atoms with Crippen molar-refractivity contribution in [2.75, 3.05) is 12.9 Å². The number of nitrogens with zero attached hydrogens (tertiary/aromatic N) is 1. The van der Waals surface area contributed by atoms with Gasteiger partial charge in [-0.25, -0.2) is 9.78 Å². The standard InChI is InChI=1S/C12H13NO4S/c1-12(15,10(14)16-2)7-18-11-13-8-5-3-4-6-9(8)17-11/h3-6,15H,7H2,1-2H3. The SMILES string of the molecule is COC(=O)C(C)(O)CSc1nc2ccccc2o1. The van der Waals surface area contributed by atoms with Crippen LogP contribution in [0.25, 0.3) is 11.1 Å². The van der Waals surface area contributed by atoms with E-state index >= 15 is 0 Å². The number of carbonyl (C=O) groups is 1. The molecule has 0 spiro atoms. The summed E-state index contributed by atoms with van der Waals surface area (Å²) in [4.78, 5) is 15.5. The zero-order valence-electron chi connectivity index (χ0n) is 10.0. The number of aromatic nitrogens is 1. The number of fused-ring (bicyclic) bond motifs is 1. The zero-order chi connectivity index (χ0) is 13.2. The van der Waals surface area contributed by atoms with Gasteiger partial charge < -0.3 is 14.3 Å². The number of rotatable bonds is 4. The van der Waals surface area contributed by atoms with Crippen LogP contribution in [0.3, 0.4) is 0 Å². The molecule has 0 radical (unpaired) electrons. The van der Waals surface area contributed by atoms with E-state index in [1.54, 1.807) is 0 Å². The van der Waals surface area contributed by atoms with Gasteiger partial charge >= 0.3 is 5.97 Å². The Morgan fingerprint density at radius 2 is 2.28 bits per heavy atom. The molecule has 96 valence electrons. The van der Waals surface area contributed by atoms with Crippen LogP contribution in [0.1, 0.15) is 6.92 Å². The minimum atomic E-state index is -1.56. The van der Waals surface area contributed by atoms with E-state index in [-0.39, 0.29) is 5.75 Å². The maximum atomic E-state index is 11.3. The molecule has 1 aromatic carbocycles. The summed E-state index contributed by atoms with van der Waals surface area (Å²) >= 11 is 1.17. The van der Waals surface area contributed by atoms with E-state index in [0.29, 0.717) is 10.8 Å². The molecule has 1 heterocycles. The second-order valence-electron chi connectivity index (χ2n) is 4.00. The van der Waals surface area contributed by atoms with Crippen LogP contribution in [0.5, 0.6) is 0 Å². The highest BCUT2D eigenvalue weighted by Crippen LogP contribution is 2.26. The fraction of sp³-hybridized carbons (Fsp3) is 0.333. The van der Waals surface area contributed by atoms with Crippen LogP contribution in [0.4, 0.5) is 0 Å². The molecule has 6 heteroatoms. The third kappa shape index (κ3) is 2.65. The molecule has 0 fully saturated rings. The predicted octanol–water partition coefficient (Wildman–Crippen LogP) is 1.84. The van der Waals surface area contributed by atoms with Crippen LogP contribution in [0.15, 0.2) is 33.9 Å². The third-order valence-electron chi connectivity index (χ3n) is 2.38. The van der Waals surface area contributed by atoms with Crippen LogP contribution in [0.2, 0.25) is 0 Å². The number of esters is 1. The lowest BCUT2D eigenvalue weighted by atomic mass is 10.1. The summed E-state index contributed by atoms with van der Waals surface area (Å²) in [6.45, 7) is 1.40. The minimum absolute atomic E-state index is 0.118. The maximum absolute atomic E-state index is 11.3. The zero-order valence-corrected chi connectivity index (χ0v) is 10.9. The van der Waals surface area contributed by atoms with E-state index in [1.165, 1.54) is 25.8 Å². The van der Waals surface area contributed by atoms with Gasteiger partial charge in [-0.05, 0) is 19.1 Å². The van der Waals surface area contributed by atoms with Crippen LogP contribution in [0, 0.1) is 0 Å². The number of ether oxygens (including phenoxy) is 1. The number of methoxy groups -OCH3 is 1. The van der Waals surface area contributed by atoms with Crippen molar-refractivity contribution in [1.29, 1.82) is 0 Å². The monoisotopic (exact) mass is 267 g/mol. The van der Waals surface area contributed by atoms with Gasteiger partial charge in [-0.2, -0.15) is 0 Å². The third-order valence-corrected chi connectivity index (χ3v) is 3.50. The lowest BCUT2D eigenvalue weighted by Crippen LogP contribution is -2.38. The van der Waals surface area contributed by atoms with Gasteiger partial charge in [0.1, 0.15) is 5.52 Å². The van der Waals surface area contributed by atoms with Crippen molar-refractivity contribution in [2.24, 2.45) is 0 Å². The van der Waals surface area contributed by atoms with E-state index in [0.717, 1.165) is 5.52 Å². The number of para-hydroxylation sites is 2. The summed E-state index contributed by atoms with van der Waals surface area (Å²) in [5.41, 5.74) is -0.129. The highest BCUT2D eigenvalue weighted by Gasteiger charge is 2.32. The number of thioether (sulfide) groups is 1. The number of oxazole rings is 1. The van der Waals surface area contributed by atoms with Crippen LogP contribution >= 0.6 is 11.8 Å². The lowest BCUT2D eigenvalue weighted by molar-refractivity contribution is -0.158. The molecule has 0 saturated heterocycles. The first-order valence-electron chi connectivity index (χ1n) is 5.32. The van der Waals surface area contributed by atoms with E-state index in [4.69, 9.17) is 4.42 Å². The van der Waals surface area contributed by atoms with E-state index in [2.05, 4.69) is 9.72 Å². The first-order chi connectivity index (χ1) is 8.53. The fourth-order valence-electron chi connectivity index (χ4n) is 1.39. The van der Waals surface area contributed by atoms with Gasteiger partial charge in [0.2, 0.25) is 0 Å². The molecule has 0 amide bonds. The minimum Gasteiger partial charge on any atom is -0.467 e. The molecular weight excluding hydrogens is 254 g/mol. The summed E-state index contributed by atoms with van der Waals surface area (Å²) in [7, 11) is 1.24. The predicted molar refractivity (Wildman–Crippen MR) is 67.4 cm³/mol. The van der Waals surface area contributed by atoms with Crippen molar-refractivity contribution in [1.82, 2.24) is 4.98 Å². The van der Waals surface area contributed by atoms with E-state index in [1.807, 2.05) is 24.3 Å². The smallest absolute Gasteiger partial charge is 0.338 e. The Morgan fingerprint density at radius 1 is 1.56 bits per heavy atom. The average Bonchev–Trinajstić information content (AvgIpc) is 2.78. The number of benzene rings is 1. The highest BCUT2D eigenvalue weighted by atomic mass is 32.2. The summed E-state index contributed by atoms with van der Waals surface area (Å²) in [5, 5.41) is 10.3. The average molecular weight is 267 g/mol. The molecule has 0 aliphatic rings. The van der Waals surface area contributed by atoms with Gasteiger partial charge in [0.05, 0.1) is 7.11 Å². The van der Waals surface area contributed by atoms with Gasteiger partial charge in [-0.3, -0.25) is 0 Å². The molecule has 0 saturated carbocycles. The Balaban J connectivity index is 2.08. The number of hydrogen-bond acceptors (Lipinski definition) is 6. The molecule has 2 rings (SSSR count). The Hall–Kier alpha value is -1.53. The highest BCUT2D eigenvalue weighted by molar-refractivity contribution is 7.99. The molecular formula is C12H13NO4S. The second-order valence-corrected chi connectivity index (χ2v) is 4.93. The molecule has 0 aliphatic heterocycles. The van der Waals surface area contributed by atoms with Crippen molar-refractivity contribution in [2.45, 2.75) is 17.7 Å². The van der Waals surface area contributed by atoms with Gasteiger partial charge in [-0.15, -0.1) is 0 Å². The number of hydrogen-bond donors (Lipinski definition) is 1. The van der Waals surface area contributed by atoms with Crippen molar-refractivity contribution in [3.8, 4) is 0 Å². The first kappa shape index (κ1) is 12.9. The molecule has 1 aromatic heterocycles. The van der Waals surface area contributed by atoms with Crippen molar-refractivity contribution >= 4 is 28.8 Å². The largest absolute Gasteiger partial charge is 0.467 e. The fourth-order valence-corrected chi connectivity index (χ4v) is 2.23. The summed E-state index contributed by atoms with van der Waals surface area (Å²) in [5.74, 6) is -0.557. The van der Waals surface area contributed by atoms with E-state index < -0.39 is 11.6 Å². The molecule has 5 nitrogen and oxygen atoms in total. The number of carbonyl (C=O) groups excluding carboxylic acids is 1. The summed E-state index contributed by atoms with van der Waals surface area (Å²) < 4.78 is 9.97. The second kappa shape index (κ2) is 4.99. The Bertz CT molecular complexity index is 531. The van der Waals surface area contributed by atoms with Crippen molar-refractivity contribution in [3.63, 3.8) is 0 Å². The first-order valence-corrected chi connectivity index (χ1v) is 6.30. The molecule has 2 aromatic rings. The Morgan fingerprint density at radius 3 is 2.94 bits per heavy atom. The molecule has 0 bridgehead atoms. The van der Waals surface area contributed by atoms with Gasteiger partial charge in [0, 0.05) is 5.75 Å². The topological polar surface area (TPSA) is 72.6 Å². The number of aliphatic hydroxyl groups is 1. The quantitative estimate of drug-likeness (QED) is 0.673. The summed E-state index contributed by atoms with van der Waals surface area (Å²) in [6.07, 6.45) is 0. The van der Waals surface area contributed by atoms with Crippen molar-refractivity contribution < 1.29 is 19.1 Å². The van der Waals surface area contributed by atoms with E-state index in [9.17, 15) is 9.90 Å². The lowest BCUT2D eigenvalue weighted by Gasteiger charge is -2.18. The Kier molecular flexibility index (Phi) is 3.58. The molecule has 0 aliphatic carbocycles. The molecule has 1 atom stereocenters. The van der Waals surface area contributed by atoms with Gasteiger partial charge in [0.15, 0.2) is 11.2 Å². The van der Waals surface area contributed by atoms with Crippen LogP contribution < -0.4 is 0 Å². The van der Waals surface area contributed by atoms with Crippen LogP contribution in [-0.2, 0) is 9.53 Å².